The van der Waals surface area contributed by atoms with Crippen molar-refractivity contribution in [1.82, 2.24) is 5.32 Å². The Balaban J connectivity index is 2.73. The summed E-state index contributed by atoms with van der Waals surface area (Å²) in [7, 11) is 0. The van der Waals surface area contributed by atoms with Crippen LogP contribution in [0.3, 0.4) is 0 Å². The highest BCUT2D eigenvalue weighted by atomic mass is 79.9. The van der Waals surface area contributed by atoms with Gasteiger partial charge in [-0.05, 0) is 34.5 Å². The molecule has 0 heterocycles. The maximum absolute atomic E-state index is 11.7. The zero-order chi connectivity index (χ0) is 11.3. The highest BCUT2D eigenvalue weighted by molar-refractivity contribution is 9.10. The number of hydrogen-bond acceptors (Lipinski definition) is 2. The van der Waals surface area contributed by atoms with E-state index in [1.165, 1.54) is 0 Å². The molecular weight excluding hydrogens is 258 g/mol. The van der Waals surface area contributed by atoms with Crippen molar-refractivity contribution in [2.45, 2.75) is 19.4 Å². The van der Waals surface area contributed by atoms with Crippen LogP contribution in [0.1, 0.15) is 23.7 Å². The van der Waals surface area contributed by atoms with Crippen molar-refractivity contribution in [2.75, 3.05) is 6.61 Å². The molecule has 0 unspecified atom stereocenters. The molecule has 0 saturated heterocycles. The molecule has 15 heavy (non-hydrogen) atoms. The van der Waals surface area contributed by atoms with E-state index in [0.717, 1.165) is 4.47 Å². The number of rotatable bonds is 4. The van der Waals surface area contributed by atoms with Crippen molar-refractivity contribution >= 4 is 21.8 Å². The highest BCUT2D eigenvalue weighted by Crippen LogP contribution is 2.15. The summed E-state index contributed by atoms with van der Waals surface area (Å²) in [6.07, 6.45) is 0.715. The molecule has 0 aliphatic rings. The van der Waals surface area contributed by atoms with Gasteiger partial charge in [0.25, 0.3) is 5.91 Å². The van der Waals surface area contributed by atoms with Gasteiger partial charge >= 0.3 is 0 Å². The van der Waals surface area contributed by atoms with E-state index in [0.29, 0.717) is 12.0 Å². The van der Waals surface area contributed by atoms with Crippen LogP contribution in [0, 0.1) is 0 Å². The molecule has 1 aromatic rings. The van der Waals surface area contributed by atoms with Crippen LogP contribution in [0.5, 0.6) is 0 Å². The minimum Gasteiger partial charge on any atom is -0.394 e. The Labute approximate surface area is 97.6 Å². The summed E-state index contributed by atoms with van der Waals surface area (Å²) in [4.78, 5) is 11.7. The lowest BCUT2D eigenvalue weighted by Crippen LogP contribution is -2.37. The molecule has 0 aliphatic heterocycles. The van der Waals surface area contributed by atoms with Gasteiger partial charge in [0.15, 0.2) is 0 Å². The fourth-order valence-electron chi connectivity index (χ4n) is 1.19. The third-order valence-electron chi connectivity index (χ3n) is 2.17. The fraction of sp³-hybridized carbons (Fsp3) is 0.364. The Morgan fingerprint density at radius 2 is 2.20 bits per heavy atom. The summed E-state index contributed by atoms with van der Waals surface area (Å²) >= 11 is 3.31. The maximum Gasteiger partial charge on any atom is 0.252 e. The zero-order valence-corrected chi connectivity index (χ0v) is 10.1. The average Bonchev–Trinajstić information content (AvgIpc) is 2.26. The van der Waals surface area contributed by atoms with Crippen LogP contribution in [0.15, 0.2) is 28.7 Å². The first-order valence-corrected chi connectivity index (χ1v) is 5.64. The van der Waals surface area contributed by atoms with Crippen LogP contribution in [-0.2, 0) is 0 Å². The maximum atomic E-state index is 11.7. The standard InChI is InChI=1S/C11H14BrNO2/c1-2-8(7-14)13-11(15)9-5-3-4-6-10(9)12/h3-6,8,14H,2,7H2,1H3,(H,13,15)/t8-/m0/s1. The third kappa shape index (κ3) is 3.32. The molecule has 82 valence electrons. The highest BCUT2D eigenvalue weighted by Gasteiger charge is 2.12. The van der Waals surface area contributed by atoms with Gasteiger partial charge in [0, 0.05) is 4.47 Å². The Morgan fingerprint density at radius 3 is 2.73 bits per heavy atom. The lowest BCUT2D eigenvalue weighted by Gasteiger charge is -2.14. The minimum atomic E-state index is -0.176. The number of nitrogens with one attached hydrogen (secondary N) is 1. The predicted octanol–water partition coefficient (Wildman–Crippen LogP) is 1.95. The number of aliphatic hydroxyl groups is 1. The molecular formula is C11H14BrNO2. The largest absolute Gasteiger partial charge is 0.394 e. The molecule has 0 saturated carbocycles. The second kappa shape index (κ2) is 5.88. The molecule has 1 rings (SSSR count). The van der Waals surface area contributed by atoms with Crippen LogP contribution < -0.4 is 5.32 Å². The lowest BCUT2D eigenvalue weighted by molar-refractivity contribution is 0.0914. The van der Waals surface area contributed by atoms with Gasteiger partial charge < -0.3 is 10.4 Å². The van der Waals surface area contributed by atoms with Gasteiger partial charge in [0.05, 0.1) is 18.2 Å². The molecule has 0 bridgehead atoms. The Morgan fingerprint density at radius 1 is 1.53 bits per heavy atom. The molecule has 0 aromatic heterocycles. The number of aliphatic hydroxyl groups excluding tert-OH is 1. The summed E-state index contributed by atoms with van der Waals surface area (Å²) < 4.78 is 0.760. The summed E-state index contributed by atoms with van der Waals surface area (Å²) in [5.74, 6) is -0.164. The van der Waals surface area contributed by atoms with E-state index in [1.54, 1.807) is 12.1 Å². The van der Waals surface area contributed by atoms with E-state index in [1.807, 2.05) is 19.1 Å². The SMILES string of the molecule is CC[C@@H](CO)NC(=O)c1ccccc1Br. The quantitative estimate of drug-likeness (QED) is 0.880. The van der Waals surface area contributed by atoms with Gasteiger partial charge in [0.1, 0.15) is 0 Å². The Kier molecular flexibility index (Phi) is 4.78. The molecule has 0 aliphatic carbocycles. The summed E-state index contributed by atoms with van der Waals surface area (Å²) in [6, 6.07) is 7.03. The molecule has 1 atom stereocenters. The molecule has 3 nitrogen and oxygen atoms in total. The Hall–Kier alpha value is -0.870. The summed E-state index contributed by atoms with van der Waals surface area (Å²) in [6.45, 7) is 1.88. The van der Waals surface area contributed by atoms with Crippen LogP contribution in [0.25, 0.3) is 0 Å². The van der Waals surface area contributed by atoms with Gasteiger partial charge in [-0.15, -0.1) is 0 Å². The number of carbonyl (C=O) groups excluding carboxylic acids is 1. The zero-order valence-electron chi connectivity index (χ0n) is 8.53. The predicted molar refractivity (Wildman–Crippen MR) is 62.8 cm³/mol. The van der Waals surface area contributed by atoms with Gasteiger partial charge in [0.2, 0.25) is 0 Å². The van der Waals surface area contributed by atoms with E-state index in [2.05, 4.69) is 21.2 Å². The summed E-state index contributed by atoms with van der Waals surface area (Å²) in [5.41, 5.74) is 0.587. The average molecular weight is 272 g/mol. The first-order valence-electron chi connectivity index (χ1n) is 4.85. The molecule has 0 spiro atoms. The van der Waals surface area contributed by atoms with Crippen molar-refractivity contribution in [3.8, 4) is 0 Å². The summed E-state index contributed by atoms with van der Waals surface area (Å²) in [5, 5.41) is 11.7. The van der Waals surface area contributed by atoms with Crippen molar-refractivity contribution < 1.29 is 9.90 Å². The second-order valence-corrected chi connectivity index (χ2v) is 4.10. The van der Waals surface area contributed by atoms with E-state index in [9.17, 15) is 4.79 Å². The van der Waals surface area contributed by atoms with Crippen molar-refractivity contribution in [3.63, 3.8) is 0 Å². The van der Waals surface area contributed by atoms with E-state index in [-0.39, 0.29) is 18.6 Å². The van der Waals surface area contributed by atoms with Crippen molar-refractivity contribution in [1.29, 1.82) is 0 Å². The molecule has 1 aromatic carbocycles. The smallest absolute Gasteiger partial charge is 0.252 e. The first-order chi connectivity index (χ1) is 7.19. The number of carbonyl (C=O) groups is 1. The first kappa shape index (κ1) is 12.2. The number of halogens is 1. The number of benzene rings is 1. The van der Waals surface area contributed by atoms with E-state index < -0.39 is 0 Å². The van der Waals surface area contributed by atoms with Crippen LogP contribution >= 0.6 is 15.9 Å². The number of hydrogen-bond donors (Lipinski definition) is 2. The molecule has 2 N–H and O–H groups in total. The van der Waals surface area contributed by atoms with Crippen LogP contribution in [0.2, 0.25) is 0 Å². The molecule has 0 radical (unpaired) electrons. The number of amides is 1. The van der Waals surface area contributed by atoms with Gasteiger partial charge in [-0.2, -0.15) is 0 Å². The Bertz CT molecular complexity index is 337. The third-order valence-corrected chi connectivity index (χ3v) is 2.86. The molecule has 4 heteroatoms. The molecule has 1 amide bonds. The van der Waals surface area contributed by atoms with Gasteiger partial charge in [-0.1, -0.05) is 19.1 Å². The van der Waals surface area contributed by atoms with Crippen molar-refractivity contribution in [2.24, 2.45) is 0 Å². The monoisotopic (exact) mass is 271 g/mol. The van der Waals surface area contributed by atoms with Crippen molar-refractivity contribution in [3.05, 3.63) is 34.3 Å². The second-order valence-electron chi connectivity index (χ2n) is 3.24. The van der Waals surface area contributed by atoms with E-state index >= 15 is 0 Å². The molecule has 0 fully saturated rings. The normalized spacial score (nSPS) is 12.2. The fourth-order valence-corrected chi connectivity index (χ4v) is 1.65. The topological polar surface area (TPSA) is 49.3 Å². The van der Waals surface area contributed by atoms with Gasteiger partial charge in [-0.3, -0.25) is 4.79 Å². The van der Waals surface area contributed by atoms with Crippen LogP contribution in [0.4, 0.5) is 0 Å². The van der Waals surface area contributed by atoms with Gasteiger partial charge in [-0.25, -0.2) is 0 Å². The minimum absolute atomic E-state index is 0.0350. The lowest BCUT2D eigenvalue weighted by atomic mass is 10.2. The van der Waals surface area contributed by atoms with E-state index in [4.69, 9.17) is 5.11 Å². The van der Waals surface area contributed by atoms with Crippen LogP contribution in [-0.4, -0.2) is 23.7 Å².